The average Bonchev–Trinajstić information content (AvgIpc) is 3.39. The van der Waals surface area contributed by atoms with Crippen LogP contribution in [0.3, 0.4) is 0 Å². The molecule has 2 amide bonds. The number of hydrogen-bond donors (Lipinski definition) is 2. The molecule has 1 aromatic carbocycles. The van der Waals surface area contributed by atoms with E-state index in [0.717, 1.165) is 18.4 Å². The van der Waals surface area contributed by atoms with Gasteiger partial charge in [0.1, 0.15) is 11.6 Å². The minimum Gasteiger partial charge on any atom is -0.484 e. The van der Waals surface area contributed by atoms with Crippen molar-refractivity contribution in [3.05, 3.63) is 41.5 Å². The van der Waals surface area contributed by atoms with E-state index >= 15 is 0 Å². The van der Waals surface area contributed by atoms with Crippen molar-refractivity contribution in [2.45, 2.75) is 38.6 Å². The number of likely N-dealkylation sites (tertiary alicyclic amines) is 1. The van der Waals surface area contributed by atoms with Gasteiger partial charge < -0.3 is 19.7 Å². The third-order valence-electron chi connectivity index (χ3n) is 5.89. The lowest BCUT2D eigenvalue weighted by molar-refractivity contribution is -0.133. The summed E-state index contributed by atoms with van der Waals surface area (Å²) in [4.78, 5) is 31.8. The van der Waals surface area contributed by atoms with Crippen LogP contribution >= 0.6 is 0 Å². The van der Waals surface area contributed by atoms with E-state index in [0.29, 0.717) is 43.7 Å². The Morgan fingerprint density at radius 2 is 2.06 bits per heavy atom. The molecule has 2 aliphatic rings. The molecule has 0 saturated carbocycles. The molecule has 2 saturated heterocycles. The van der Waals surface area contributed by atoms with Crippen molar-refractivity contribution in [3.63, 3.8) is 0 Å². The van der Waals surface area contributed by atoms with E-state index < -0.39 is 0 Å². The number of carbonyl (C=O) groups is 2. The van der Waals surface area contributed by atoms with Gasteiger partial charge in [0.25, 0.3) is 5.91 Å². The maximum absolute atomic E-state index is 12.8. The van der Waals surface area contributed by atoms with E-state index in [4.69, 9.17) is 9.47 Å². The van der Waals surface area contributed by atoms with Crippen LogP contribution in [0.25, 0.3) is 0 Å². The summed E-state index contributed by atoms with van der Waals surface area (Å²) in [6.07, 6.45) is 1.44. The molecular weight excluding hydrogens is 398 g/mol. The first-order valence-corrected chi connectivity index (χ1v) is 10.7. The lowest BCUT2D eigenvalue weighted by Gasteiger charge is -2.24. The first-order valence-electron chi connectivity index (χ1n) is 10.7. The Morgan fingerprint density at radius 1 is 1.26 bits per heavy atom. The van der Waals surface area contributed by atoms with Crippen LogP contribution in [0.4, 0.5) is 0 Å². The van der Waals surface area contributed by atoms with Crippen LogP contribution in [-0.4, -0.2) is 70.8 Å². The summed E-state index contributed by atoms with van der Waals surface area (Å²) >= 11 is 0. The molecule has 9 nitrogen and oxygen atoms in total. The third-order valence-corrected chi connectivity index (χ3v) is 5.89. The Morgan fingerprint density at radius 3 is 2.77 bits per heavy atom. The molecule has 2 fully saturated rings. The van der Waals surface area contributed by atoms with Gasteiger partial charge in [0.15, 0.2) is 12.4 Å². The number of nitrogens with zero attached hydrogens (tertiary/aromatic N) is 3. The molecule has 2 atom stereocenters. The summed E-state index contributed by atoms with van der Waals surface area (Å²) < 4.78 is 11.0. The Kier molecular flexibility index (Phi) is 6.50. The topological polar surface area (TPSA) is 109 Å². The summed E-state index contributed by atoms with van der Waals surface area (Å²) in [5, 5.41) is 10.3. The van der Waals surface area contributed by atoms with Crippen LogP contribution in [0.2, 0.25) is 0 Å². The predicted molar refractivity (Wildman–Crippen MR) is 113 cm³/mol. The van der Waals surface area contributed by atoms with Gasteiger partial charge in [0.05, 0.1) is 12.0 Å². The van der Waals surface area contributed by atoms with Crippen LogP contribution in [0.1, 0.15) is 36.0 Å². The minimum absolute atomic E-state index is 0.0101. The molecule has 2 aliphatic heterocycles. The van der Waals surface area contributed by atoms with Crippen LogP contribution in [0.5, 0.6) is 5.75 Å². The molecule has 31 heavy (non-hydrogen) atoms. The number of aryl methyl sites for hydroxylation is 2. The van der Waals surface area contributed by atoms with Crippen molar-refractivity contribution in [2.75, 3.05) is 32.9 Å². The van der Waals surface area contributed by atoms with E-state index in [1.807, 2.05) is 38.1 Å². The lowest BCUT2D eigenvalue weighted by atomic mass is 9.97. The average molecular weight is 428 g/mol. The molecule has 0 unspecified atom stereocenters. The quantitative estimate of drug-likeness (QED) is 0.720. The highest BCUT2D eigenvalue weighted by atomic mass is 16.5. The van der Waals surface area contributed by atoms with E-state index in [9.17, 15) is 9.59 Å². The first-order chi connectivity index (χ1) is 15.0. The van der Waals surface area contributed by atoms with Gasteiger partial charge in [-0.05, 0) is 44.4 Å². The Balaban J connectivity index is 1.42. The summed E-state index contributed by atoms with van der Waals surface area (Å²) in [7, 11) is 0. The van der Waals surface area contributed by atoms with Crippen molar-refractivity contribution in [1.29, 1.82) is 0 Å². The minimum atomic E-state index is -0.242. The van der Waals surface area contributed by atoms with Gasteiger partial charge in [-0.1, -0.05) is 12.1 Å². The van der Waals surface area contributed by atoms with Gasteiger partial charge in [-0.25, -0.2) is 4.98 Å². The second-order valence-electron chi connectivity index (χ2n) is 8.29. The number of rotatable bonds is 6. The van der Waals surface area contributed by atoms with Crippen LogP contribution in [-0.2, 0) is 14.3 Å². The number of amides is 2. The fraction of sp³-hybridized carbons (Fsp3) is 0.545. The van der Waals surface area contributed by atoms with Crippen molar-refractivity contribution in [1.82, 2.24) is 25.4 Å². The van der Waals surface area contributed by atoms with Gasteiger partial charge in [0.2, 0.25) is 5.91 Å². The molecule has 2 aromatic rings. The second-order valence-corrected chi connectivity index (χ2v) is 8.29. The lowest BCUT2D eigenvalue weighted by Crippen LogP contribution is -2.44. The van der Waals surface area contributed by atoms with Crippen LogP contribution in [0, 0.1) is 19.8 Å². The number of carbonyl (C=O) groups excluding carboxylic acids is 2. The molecule has 0 bridgehead atoms. The normalized spacial score (nSPS) is 21.8. The molecule has 0 aliphatic carbocycles. The molecule has 4 rings (SSSR count). The van der Waals surface area contributed by atoms with Gasteiger partial charge in [-0.2, -0.15) is 5.10 Å². The fourth-order valence-corrected chi connectivity index (χ4v) is 4.14. The number of ether oxygens (including phenoxy) is 2. The van der Waals surface area contributed by atoms with E-state index in [2.05, 4.69) is 20.5 Å². The predicted octanol–water partition coefficient (Wildman–Crippen LogP) is 1.34. The van der Waals surface area contributed by atoms with Crippen molar-refractivity contribution in [3.8, 4) is 5.75 Å². The third kappa shape index (κ3) is 5.22. The molecule has 1 aromatic heterocycles. The summed E-state index contributed by atoms with van der Waals surface area (Å²) in [5.41, 5.74) is 1.07. The van der Waals surface area contributed by atoms with Gasteiger partial charge >= 0.3 is 0 Å². The molecule has 9 heteroatoms. The Bertz CT molecular complexity index is 924. The maximum Gasteiger partial charge on any atom is 0.260 e. The standard InChI is InChI=1S/C22H29N5O4/c1-14-4-3-5-17(10-14)31-13-20(28)27-11-18(21-23-15(2)25-26-21)19(12-27)24-22(29)16-6-8-30-9-7-16/h3-5,10,16,18-19H,6-9,11-13H2,1-2H3,(H,24,29)(H,23,25,26)/t18-,19-/m1/s1. The zero-order chi connectivity index (χ0) is 21.8. The highest BCUT2D eigenvalue weighted by molar-refractivity contribution is 5.80. The number of benzene rings is 1. The van der Waals surface area contributed by atoms with Crippen LogP contribution < -0.4 is 10.1 Å². The number of nitrogens with one attached hydrogen (secondary N) is 2. The molecule has 0 radical (unpaired) electrons. The second kappa shape index (κ2) is 9.47. The zero-order valence-corrected chi connectivity index (χ0v) is 18.0. The smallest absolute Gasteiger partial charge is 0.260 e. The largest absolute Gasteiger partial charge is 0.484 e. The number of H-pyrrole nitrogens is 1. The van der Waals surface area contributed by atoms with Gasteiger partial charge in [0, 0.05) is 32.2 Å². The molecule has 166 valence electrons. The zero-order valence-electron chi connectivity index (χ0n) is 18.0. The van der Waals surface area contributed by atoms with Gasteiger partial charge in [-0.3, -0.25) is 14.7 Å². The summed E-state index contributed by atoms with van der Waals surface area (Å²) in [6.45, 7) is 5.81. The number of aromatic amines is 1. The first kappa shape index (κ1) is 21.3. The molecule has 2 N–H and O–H groups in total. The number of hydrogen-bond acceptors (Lipinski definition) is 6. The van der Waals surface area contributed by atoms with E-state index in [1.54, 1.807) is 4.90 Å². The van der Waals surface area contributed by atoms with Crippen LogP contribution in [0.15, 0.2) is 24.3 Å². The highest BCUT2D eigenvalue weighted by Gasteiger charge is 2.40. The molecular formula is C22H29N5O4. The monoisotopic (exact) mass is 427 g/mol. The summed E-state index contributed by atoms with van der Waals surface area (Å²) in [6, 6.07) is 7.36. The van der Waals surface area contributed by atoms with E-state index in [-0.39, 0.29) is 36.3 Å². The molecule has 0 spiro atoms. The Labute approximate surface area is 181 Å². The van der Waals surface area contributed by atoms with E-state index in [1.165, 1.54) is 0 Å². The molecule has 3 heterocycles. The summed E-state index contributed by atoms with van der Waals surface area (Å²) in [5.74, 6) is 1.64. The SMILES string of the molecule is Cc1cccc(OCC(=O)N2C[C@@H](NC(=O)C3CCOCC3)[C@H](c3n[nH]c(C)n3)C2)c1. The van der Waals surface area contributed by atoms with Crippen molar-refractivity contribution in [2.24, 2.45) is 5.92 Å². The fourth-order valence-electron chi connectivity index (χ4n) is 4.14. The highest BCUT2D eigenvalue weighted by Crippen LogP contribution is 2.27. The van der Waals surface area contributed by atoms with Crippen molar-refractivity contribution < 1.29 is 19.1 Å². The Hall–Kier alpha value is -2.94. The number of aromatic nitrogens is 3. The van der Waals surface area contributed by atoms with Crippen molar-refractivity contribution >= 4 is 11.8 Å². The maximum atomic E-state index is 12.8. The van der Waals surface area contributed by atoms with Gasteiger partial charge in [-0.15, -0.1) is 0 Å².